The van der Waals surface area contributed by atoms with Crippen molar-refractivity contribution >= 4 is 17.1 Å². The predicted octanol–water partition coefficient (Wildman–Crippen LogP) is 3.65. The molecule has 1 aromatic carbocycles. The highest BCUT2D eigenvalue weighted by atomic mass is 16.6. The van der Waals surface area contributed by atoms with Crippen LogP contribution in [-0.4, -0.2) is 11.0 Å². The minimum Gasteiger partial charge on any atom is -0.377 e. The third kappa shape index (κ3) is 4.70. The molecule has 0 aliphatic carbocycles. The molecule has 0 spiro atoms. The maximum absolute atomic E-state index is 11.2. The molecule has 0 saturated carbocycles. The molecule has 0 fully saturated rings. The number of nitro benzene ring substituents is 1. The van der Waals surface area contributed by atoms with E-state index in [2.05, 4.69) is 17.7 Å². The third-order valence-electron chi connectivity index (χ3n) is 3.27. The van der Waals surface area contributed by atoms with Gasteiger partial charge in [-0.1, -0.05) is 38.7 Å². The Morgan fingerprint density at radius 1 is 1.30 bits per heavy atom. The Bertz CT molecular complexity index is 437. The van der Waals surface area contributed by atoms with Gasteiger partial charge in [0.25, 0.3) is 0 Å². The van der Waals surface area contributed by atoms with E-state index in [-0.39, 0.29) is 11.7 Å². The van der Waals surface area contributed by atoms with E-state index in [4.69, 9.17) is 5.84 Å². The van der Waals surface area contributed by atoms with Crippen LogP contribution in [0.4, 0.5) is 17.1 Å². The van der Waals surface area contributed by atoms with E-state index in [1.807, 2.05) is 6.92 Å². The summed E-state index contributed by atoms with van der Waals surface area (Å²) in [5.41, 5.74) is 3.19. The van der Waals surface area contributed by atoms with Gasteiger partial charge in [0.1, 0.15) is 11.4 Å². The van der Waals surface area contributed by atoms with E-state index in [0.717, 1.165) is 12.8 Å². The molecule has 0 aromatic heterocycles. The zero-order chi connectivity index (χ0) is 15.0. The summed E-state index contributed by atoms with van der Waals surface area (Å²) in [5, 5.41) is 14.4. The summed E-state index contributed by atoms with van der Waals surface area (Å²) >= 11 is 0. The molecule has 0 heterocycles. The highest BCUT2D eigenvalue weighted by Crippen LogP contribution is 2.32. The van der Waals surface area contributed by atoms with Gasteiger partial charge in [-0.15, -0.1) is 0 Å². The largest absolute Gasteiger partial charge is 0.377 e. The minimum absolute atomic E-state index is 0.00425. The van der Waals surface area contributed by atoms with E-state index in [0.29, 0.717) is 11.4 Å². The molecule has 0 radical (unpaired) electrons. The molecule has 1 atom stereocenters. The number of nitrogen functional groups attached to an aromatic ring is 1. The molecule has 1 unspecified atom stereocenters. The van der Waals surface area contributed by atoms with Crippen LogP contribution in [-0.2, 0) is 0 Å². The molecule has 4 N–H and O–H groups in total. The van der Waals surface area contributed by atoms with Gasteiger partial charge in [-0.05, 0) is 25.5 Å². The second-order valence-corrected chi connectivity index (χ2v) is 5.00. The number of rotatable bonds is 9. The number of anilines is 2. The molecular weight excluding hydrogens is 256 g/mol. The topological polar surface area (TPSA) is 93.2 Å². The van der Waals surface area contributed by atoms with Crippen molar-refractivity contribution in [2.45, 2.75) is 52.0 Å². The first-order chi connectivity index (χ1) is 9.60. The molecule has 1 rings (SSSR count). The first kappa shape index (κ1) is 16.2. The first-order valence-corrected chi connectivity index (χ1v) is 7.10. The fraction of sp³-hybridized carbons (Fsp3) is 0.571. The molecule has 112 valence electrons. The van der Waals surface area contributed by atoms with Gasteiger partial charge >= 0.3 is 5.69 Å². The van der Waals surface area contributed by atoms with Gasteiger partial charge in [-0.25, -0.2) is 0 Å². The van der Waals surface area contributed by atoms with Crippen molar-refractivity contribution in [2.75, 3.05) is 10.7 Å². The van der Waals surface area contributed by atoms with Crippen LogP contribution in [0.5, 0.6) is 0 Å². The van der Waals surface area contributed by atoms with E-state index < -0.39 is 4.92 Å². The van der Waals surface area contributed by atoms with Crippen molar-refractivity contribution in [3.63, 3.8) is 0 Å². The lowest BCUT2D eigenvalue weighted by Gasteiger charge is -2.16. The molecule has 0 aliphatic rings. The molecular formula is C14H24N4O2. The Balaban J connectivity index is 2.69. The zero-order valence-electron chi connectivity index (χ0n) is 12.2. The number of nitrogens with two attached hydrogens (primary N) is 1. The van der Waals surface area contributed by atoms with Gasteiger partial charge in [0.2, 0.25) is 0 Å². The first-order valence-electron chi connectivity index (χ1n) is 7.10. The van der Waals surface area contributed by atoms with Crippen LogP contribution in [0.15, 0.2) is 18.2 Å². The Labute approximate surface area is 119 Å². The number of hydrogen-bond donors (Lipinski definition) is 3. The Morgan fingerprint density at radius 2 is 2.00 bits per heavy atom. The van der Waals surface area contributed by atoms with Crippen LogP contribution >= 0.6 is 0 Å². The van der Waals surface area contributed by atoms with Crippen molar-refractivity contribution < 1.29 is 4.92 Å². The zero-order valence-corrected chi connectivity index (χ0v) is 12.2. The molecule has 6 heteroatoms. The monoisotopic (exact) mass is 280 g/mol. The number of nitrogens with one attached hydrogen (secondary N) is 2. The van der Waals surface area contributed by atoms with E-state index >= 15 is 0 Å². The van der Waals surface area contributed by atoms with Crippen molar-refractivity contribution in [3.8, 4) is 0 Å². The van der Waals surface area contributed by atoms with Gasteiger partial charge in [0.15, 0.2) is 0 Å². The second-order valence-electron chi connectivity index (χ2n) is 5.00. The highest BCUT2D eigenvalue weighted by molar-refractivity contribution is 5.75. The minimum atomic E-state index is -0.415. The Kier molecular flexibility index (Phi) is 6.79. The normalized spacial score (nSPS) is 11.9. The van der Waals surface area contributed by atoms with Crippen LogP contribution in [0.2, 0.25) is 0 Å². The SMILES string of the molecule is CCCCCCC(C)Nc1cccc(NN)c1[N+](=O)[O-]. The molecule has 0 amide bonds. The molecule has 0 bridgehead atoms. The van der Waals surface area contributed by atoms with E-state index in [1.54, 1.807) is 18.2 Å². The average molecular weight is 280 g/mol. The van der Waals surface area contributed by atoms with Gasteiger partial charge in [0.05, 0.1) is 4.92 Å². The standard InChI is InChI=1S/C14H24N4O2/c1-3-4-5-6-8-11(2)16-12-9-7-10-13(17-15)14(12)18(19)20/h7,9-11,16-17H,3-6,8,15H2,1-2H3. The maximum atomic E-state index is 11.2. The number of hydrazine groups is 1. The summed E-state index contributed by atoms with van der Waals surface area (Å²) < 4.78 is 0. The quantitative estimate of drug-likeness (QED) is 0.278. The summed E-state index contributed by atoms with van der Waals surface area (Å²) in [6.45, 7) is 4.22. The average Bonchev–Trinajstić information content (AvgIpc) is 2.43. The summed E-state index contributed by atoms with van der Waals surface area (Å²) in [7, 11) is 0. The second kappa shape index (κ2) is 8.37. The lowest BCUT2D eigenvalue weighted by Crippen LogP contribution is -2.17. The van der Waals surface area contributed by atoms with E-state index in [9.17, 15) is 10.1 Å². The van der Waals surface area contributed by atoms with Crippen LogP contribution in [0, 0.1) is 10.1 Å². The van der Waals surface area contributed by atoms with Crippen molar-refractivity contribution in [1.82, 2.24) is 0 Å². The summed E-state index contributed by atoms with van der Waals surface area (Å²) in [6.07, 6.45) is 5.77. The number of benzene rings is 1. The summed E-state index contributed by atoms with van der Waals surface area (Å²) in [6, 6.07) is 5.24. The van der Waals surface area contributed by atoms with Crippen LogP contribution in [0.25, 0.3) is 0 Å². The van der Waals surface area contributed by atoms with E-state index in [1.165, 1.54) is 19.3 Å². The Morgan fingerprint density at radius 3 is 2.60 bits per heavy atom. The fourth-order valence-electron chi connectivity index (χ4n) is 2.19. The predicted molar refractivity (Wildman–Crippen MR) is 82.8 cm³/mol. The Hall–Kier alpha value is -1.82. The van der Waals surface area contributed by atoms with Gasteiger partial charge in [0, 0.05) is 6.04 Å². The number of nitrogens with zero attached hydrogens (tertiary/aromatic N) is 1. The van der Waals surface area contributed by atoms with Crippen molar-refractivity contribution in [1.29, 1.82) is 0 Å². The van der Waals surface area contributed by atoms with Gasteiger partial charge < -0.3 is 10.7 Å². The maximum Gasteiger partial charge on any atom is 0.316 e. The fourth-order valence-corrected chi connectivity index (χ4v) is 2.19. The van der Waals surface area contributed by atoms with Crippen molar-refractivity contribution in [2.24, 2.45) is 5.84 Å². The number of para-hydroxylation sites is 1. The molecule has 0 saturated heterocycles. The highest BCUT2D eigenvalue weighted by Gasteiger charge is 2.19. The van der Waals surface area contributed by atoms with Gasteiger partial charge in [-0.2, -0.15) is 0 Å². The lowest BCUT2D eigenvalue weighted by atomic mass is 10.1. The number of hydrogen-bond acceptors (Lipinski definition) is 5. The van der Waals surface area contributed by atoms with Crippen molar-refractivity contribution in [3.05, 3.63) is 28.3 Å². The number of nitro groups is 1. The molecule has 6 nitrogen and oxygen atoms in total. The van der Waals surface area contributed by atoms with Crippen LogP contribution < -0.4 is 16.6 Å². The molecule has 20 heavy (non-hydrogen) atoms. The smallest absolute Gasteiger partial charge is 0.316 e. The van der Waals surface area contributed by atoms with Crippen LogP contribution in [0.3, 0.4) is 0 Å². The third-order valence-corrected chi connectivity index (χ3v) is 3.27. The number of unbranched alkanes of at least 4 members (excludes halogenated alkanes) is 3. The summed E-state index contributed by atoms with van der Waals surface area (Å²) in [5.74, 6) is 5.32. The molecule has 0 aliphatic heterocycles. The molecule has 1 aromatic rings. The summed E-state index contributed by atoms with van der Waals surface area (Å²) in [4.78, 5) is 10.7. The van der Waals surface area contributed by atoms with Gasteiger partial charge in [-0.3, -0.25) is 16.0 Å². The van der Waals surface area contributed by atoms with Crippen LogP contribution in [0.1, 0.15) is 46.0 Å². The lowest BCUT2D eigenvalue weighted by molar-refractivity contribution is -0.383.